The molecule has 1 saturated heterocycles. The first kappa shape index (κ1) is 19.4. The van der Waals surface area contributed by atoms with E-state index in [1.54, 1.807) is 0 Å². The van der Waals surface area contributed by atoms with E-state index < -0.39 is 0 Å². The number of hydrogen-bond donors (Lipinski definition) is 1. The highest BCUT2D eigenvalue weighted by Crippen LogP contribution is 2.49. The van der Waals surface area contributed by atoms with Crippen LogP contribution in [0.2, 0.25) is 5.02 Å². The van der Waals surface area contributed by atoms with Crippen molar-refractivity contribution in [3.8, 4) is 0 Å². The minimum atomic E-state index is 0.0858. The van der Waals surface area contributed by atoms with Crippen LogP contribution in [-0.4, -0.2) is 55.0 Å². The molecule has 2 aromatic rings. The van der Waals surface area contributed by atoms with Crippen LogP contribution in [0.4, 0.5) is 0 Å². The van der Waals surface area contributed by atoms with Crippen molar-refractivity contribution in [2.24, 2.45) is 5.92 Å². The number of amides is 1. The maximum Gasteiger partial charge on any atom is 0.223 e. The van der Waals surface area contributed by atoms with Gasteiger partial charge in [0.15, 0.2) is 0 Å². The van der Waals surface area contributed by atoms with Gasteiger partial charge in [-0.3, -0.25) is 14.6 Å². The van der Waals surface area contributed by atoms with E-state index in [4.69, 9.17) is 11.6 Å². The van der Waals surface area contributed by atoms with Crippen molar-refractivity contribution in [3.63, 3.8) is 0 Å². The van der Waals surface area contributed by atoms with E-state index in [1.807, 2.05) is 24.3 Å². The molecule has 0 spiro atoms. The van der Waals surface area contributed by atoms with Gasteiger partial charge in [0.1, 0.15) is 0 Å². The van der Waals surface area contributed by atoms with Gasteiger partial charge in [0.25, 0.3) is 0 Å². The van der Waals surface area contributed by atoms with Crippen molar-refractivity contribution in [1.82, 2.24) is 15.1 Å². The largest absolute Gasteiger partial charge is 0.355 e. The lowest BCUT2D eigenvalue weighted by Gasteiger charge is -2.34. The fourth-order valence-electron chi connectivity index (χ4n) is 4.09. The number of halogens is 1. The zero-order valence-electron chi connectivity index (χ0n) is 16.2. The Hall–Kier alpha value is -1.88. The van der Waals surface area contributed by atoms with Crippen LogP contribution in [0.1, 0.15) is 23.5 Å². The van der Waals surface area contributed by atoms with Crippen LogP contribution in [0, 0.1) is 5.92 Å². The summed E-state index contributed by atoms with van der Waals surface area (Å²) in [5.74, 6) is 0.547. The number of hydrogen-bond acceptors (Lipinski definition) is 3. The van der Waals surface area contributed by atoms with E-state index in [-0.39, 0.29) is 17.7 Å². The Kier molecular flexibility index (Phi) is 6.30. The number of nitrogens with one attached hydrogen (secondary N) is 1. The van der Waals surface area contributed by atoms with E-state index in [9.17, 15) is 4.79 Å². The average Bonchev–Trinajstić information content (AvgIpc) is 3.51. The zero-order chi connectivity index (χ0) is 19.3. The maximum atomic E-state index is 12.4. The van der Waals surface area contributed by atoms with Gasteiger partial charge in [-0.05, 0) is 29.5 Å². The Labute approximate surface area is 172 Å². The number of benzene rings is 2. The summed E-state index contributed by atoms with van der Waals surface area (Å²) in [7, 11) is 0. The molecular formula is C23H28ClN3O. The third kappa shape index (κ3) is 4.93. The molecular weight excluding hydrogens is 370 g/mol. The van der Waals surface area contributed by atoms with Crippen molar-refractivity contribution < 1.29 is 4.79 Å². The lowest BCUT2D eigenvalue weighted by atomic mass is 10.1. The molecule has 2 unspecified atom stereocenters. The molecule has 2 atom stereocenters. The Morgan fingerprint density at radius 1 is 0.964 bits per heavy atom. The fourth-order valence-corrected chi connectivity index (χ4v) is 4.36. The zero-order valence-corrected chi connectivity index (χ0v) is 16.9. The summed E-state index contributed by atoms with van der Waals surface area (Å²) in [6.07, 6.45) is 0.910. The van der Waals surface area contributed by atoms with E-state index in [1.165, 1.54) is 5.56 Å². The molecule has 0 radical (unpaired) electrons. The van der Waals surface area contributed by atoms with Crippen LogP contribution in [0.15, 0.2) is 54.6 Å². The van der Waals surface area contributed by atoms with Crippen molar-refractivity contribution in [2.75, 3.05) is 39.3 Å². The molecule has 1 saturated carbocycles. The summed E-state index contributed by atoms with van der Waals surface area (Å²) < 4.78 is 0. The number of carbonyl (C=O) groups is 1. The third-order valence-electron chi connectivity index (χ3n) is 5.87. The molecule has 2 aliphatic rings. The lowest BCUT2D eigenvalue weighted by molar-refractivity contribution is -0.122. The van der Waals surface area contributed by atoms with E-state index in [0.717, 1.165) is 62.8 Å². The van der Waals surface area contributed by atoms with Crippen LogP contribution >= 0.6 is 11.6 Å². The van der Waals surface area contributed by atoms with Crippen molar-refractivity contribution >= 4 is 17.5 Å². The van der Waals surface area contributed by atoms with Gasteiger partial charge in [0, 0.05) is 56.8 Å². The summed E-state index contributed by atoms with van der Waals surface area (Å²) in [5, 5.41) is 3.90. The van der Waals surface area contributed by atoms with Gasteiger partial charge in [0.2, 0.25) is 5.91 Å². The normalized spacial score (nSPS) is 22.8. The van der Waals surface area contributed by atoms with Crippen LogP contribution in [0.5, 0.6) is 0 Å². The van der Waals surface area contributed by atoms with E-state index in [2.05, 4.69) is 45.4 Å². The molecule has 1 aliphatic carbocycles. The first-order valence-electron chi connectivity index (χ1n) is 10.2. The molecule has 1 N–H and O–H groups in total. The van der Waals surface area contributed by atoms with Gasteiger partial charge in [-0.1, -0.05) is 60.1 Å². The first-order chi connectivity index (χ1) is 13.7. The van der Waals surface area contributed by atoms with Crippen LogP contribution in [0.25, 0.3) is 0 Å². The summed E-state index contributed by atoms with van der Waals surface area (Å²) in [5.41, 5.74) is 2.49. The molecule has 2 fully saturated rings. The van der Waals surface area contributed by atoms with Gasteiger partial charge in [-0.15, -0.1) is 0 Å². The number of rotatable bonds is 7. The topological polar surface area (TPSA) is 35.6 Å². The second kappa shape index (κ2) is 9.08. The lowest BCUT2D eigenvalue weighted by Crippen LogP contribution is -2.48. The SMILES string of the molecule is O=C(NCCN1CCN(Cc2ccccc2)CC1)C1CC1c1ccccc1Cl. The molecule has 5 heteroatoms. The van der Waals surface area contributed by atoms with E-state index >= 15 is 0 Å². The Morgan fingerprint density at radius 2 is 1.64 bits per heavy atom. The van der Waals surface area contributed by atoms with Crippen LogP contribution in [-0.2, 0) is 11.3 Å². The minimum Gasteiger partial charge on any atom is -0.355 e. The molecule has 2 aromatic carbocycles. The maximum absolute atomic E-state index is 12.4. The predicted molar refractivity (Wildman–Crippen MR) is 113 cm³/mol. The number of piperazine rings is 1. The Morgan fingerprint density at radius 3 is 2.39 bits per heavy atom. The first-order valence-corrected chi connectivity index (χ1v) is 10.6. The summed E-state index contributed by atoms with van der Waals surface area (Å²) in [4.78, 5) is 17.4. The quantitative estimate of drug-likeness (QED) is 0.778. The molecule has 1 amide bonds. The molecule has 1 heterocycles. The second-order valence-electron chi connectivity index (χ2n) is 7.86. The highest BCUT2D eigenvalue weighted by molar-refractivity contribution is 6.31. The molecule has 0 bridgehead atoms. The third-order valence-corrected chi connectivity index (χ3v) is 6.22. The fraction of sp³-hybridized carbons (Fsp3) is 0.435. The van der Waals surface area contributed by atoms with Gasteiger partial charge in [-0.2, -0.15) is 0 Å². The molecule has 148 valence electrons. The van der Waals surface area contributed by atoms with Crippen LogP contribution < -0.4 is 5.32 Å². The van der Waals surface area contributed by atoms with Crippen molar-refractivity contribution in [2.45, 2.75) is 18.9 Å². The Bertz CT molecular complexity index is 789. The highest BCUT2D eigenvalue weighted by atomic mass is 35.5. The average molecular weight is 398 g/mol. The van der Waals surface area contributed by atoms with Crippen LogP contribution in [0.3, 0.4) is 0 Å². The standard InChI is InChI=1S/C23H28ClN3O/c24-22-9-5-4-8-19(22)20-16-21(20)23(28)25-10-11-26-12-14-27(15-13-26)17-18-6-2-1-3-7-18/h1-9,20-21H,10-17H2,(H,25,28). The smallest absolute Gasteiger partial charge is 0.223 e. The highest BCUT2D eigenvalue weighted by Gasteiger charge is 2.44. The minimum absolute atomic E-state index is 0.0858. The summed E-state index contributed by atoms with van der Waals surface area (Å²) in [6, 6.07) is 18.5. The molecule has 1 aliphatic heterocycles. The Balaban J connectivity index is 1.14. The molecule has 0 aromatic heterocycles. The van der Waals surface area contributed by atoms with Crippen molar-refractivity contribution in [3.05, 3.63) is 70.7 Å². The molecule has 4 rings (SSSR count). The molecule has 4 nitrogen and oxygen atoms in total. The predicted octanol–water partition coefficient (Wildman–Crippen LogP) is 3.38. The van der Waals surface area contributed by atoms with Gasteiger partial charge in [0.05, 0.1) is 0 Å². The van der Waals surface area contributed by atoms with Gasteiger partial charge >= 0.3 is 0 Å². The summed E-state index contributed by atoms with van der Waals surface area (Å²) in [6.45, 7) is 6.97. The second-order valence-corrected chi connectivity index (χ2v) is 8.27. The number of carbonyl (C=O) groups excluding carboxylic acids is 1. The van der Waals surface area contributed by atoms with Gasteiger partial charge < -0.3 is 5.32 Å². The monoisotopic (exact) mass is 397 g/mol. The number of nitrogens with zero attached hydrogens (tertiary/aromatic N) is 2. The summed E-state index contributed by atoms with van der Waals surface area (Å²) >= 11 is 6.26. The molecule has 28 heavy (non-hydrogen) atoms. The van der Waals surface area contributed by atoms with E-state index in [0.29, 0.717) is 0 Å². The van der Waals surface area contributed by atoms with Gasteiger partial charge in [-0.25, -0.2) is 0 Å². The van der Waals surface area contributed by atoms with Crippen molar-refractivity contribution in [1.29, 1.82) is 0 Å².